The SMILES string of the molecule is CCOC(=O)c1ccc2c(c1)nc(-c1ccc3nc(C(=O)NC4(c5ccc(Cl)cc5)CCCCC4)ccc3c1)n2C1CCCCC1. The highest BCUT2D eigenvalue weighted by Crippen LogP contribution is 2.39. The first-order chi connectivity index (χ1) is 22.4. The molecule has 0 unspecified atom stereocenters. The maximum atomic E-state index is 13.7. The van der Waals surface area contributed by atoms with Gasteiger partial charge in [-0.25, -0.2) is 14.8 Å². The van der Waals surface area contributed by atoms with E-state index in [0.29, 0.717) is 28.9 Å². The van der Waals surface area contributed by atoms with Gasteiger partial charge in [-0.05, 0) is 92.8 Å². The van der Waals surface area contributed by atoms with Crippen molar-refractivity contribution >= 4 is 45.4 Å². The number of esters is 1. The minimum atomic E-state index is -0.425. The molecule has 1 N–H and O–H groups in total. The largest absolute Gasteiger partial charge is 0.462 e. The maximum absolute atomic E-state index is 13.7. The zero-order chi connectivity index (χ0) is 31.7. The lowest BCUT2D eigenvalue weighted by molar-refractivity contribution is 0.0526. The number of halogens is 1. The highest BCUT2D eigenvalue weighted by atomic mass is 35.5. The van der Waals surface area contributed by atoms with Crippen LogP contribution in [0.25, 0.3) is 33.3 Å². The molecule has 236 valence electrons. The van der Waals surface area contributed by atoms with Crippen molar-refractivity contribution in [3.05, 3.63) is 94.6 Å². The molecule has 0 aliphatic heterocycles. The monoisotopic (exact) mass is 634 g/mol. The van der Waals surface area contributed by atoms with Crippen molar-refractivity contribution < 1.29 is 14.3 Å². The minimum absolute atomic E-state index is 0.167. The van der Waals surface area contributed by atoms with Crippen LogP contribution < -0.4 is 5.32 Å². The Kier molecular flexibility index (Phi) is 8.52. The second-order valence-electron chi connectivity index (χ2n) is 12.7. The molecule has 2 heterocycles. The smallest absolute Gasteiger partial charge is 0.338 e. The summed E-state index contributed by atoms with van der Waals surface area (Å²) in [4.78, 5) is 36.1. The molecule has 0 radical (unpaired) electrons. The van der Waals surface area contributed by atoms with Crippen molar-refractivity contribution in [2.24, 2.45) is 0 Å². The van der Waals surface area contributed by atoms with Crippen molar-refractivity contribution in [2.75, 3.05) is 6.61 Å². The van der Waals surface area contributed by atoms with Crippen molar-refractivity contribution in [3.63, 3.8) is 0 Å². The van der Waals surface area contributed by atoms with Gasteiger partial charge >= 0.3 is 5.97 Å². The molecule has 1 amide bonds. The van der Waals surface area contributed by atoms with Crippen molar-refractivity contribution in [1.82, 2.24) is 19.9 Å². The molecule has 7 rings (SSSR count). The van der Waals surface area contributed by atoms with Crippen LogP contribution in [0.4, 0.5) is 0 Å². The predicted octanol–water partition coefficient (Wildman–Crippen LogP) is 9.18. The number of benzene rings is 3. The van der Waals surface area contributed by atoms with Crippen LogP contribution >= 0.6 is 11.6 Å². The van der Waals surface area contributed by atoms with E-state index in [1.165, 1.54) is 25.7 Å². The highest BCUT2D eigenvalue weighted by Gasteiger charge is 2.36. The van der Waals surface area contributed by atoms with Gasteiger partial charge in [-0.2, -0.15) is 0 Å². The third-order valence-corrected chi connectivity index (χ3v) is 10.0. The number of hydrogen-bond acceptors (Lipinski definition) is 5. The van der Waals surface area contributed by atoms with Crippen molar-refractivity contribution in [2.45, 2.75) is 82.7 Å². The number of hydrogen-bond donors (Lipinski definition) is 1. The molecule has 2 saturated carbocycles. The van der Waals surface area contributed by atoms with Crippen molar-refractivity contribution in [3.8, 4) is 11.4 Å². The molecule has 2 fully saturated rings. The fourth-order valence-electron chi connectivity index (χ4n) is 7.44. The summed E-state index contributed by atoms with van der Waals surface area (Å²) in [6, 6.07) is 23.8. The van der Waals surface area contributed by atoms with Gasteiger partial charge in [0.1, 0.15) is 11.5 Å². The predicted molar refractivity (Wildman–Crippen MR) is 182 cm³/mol. The number of ether oxygens (including phenoxy) is 1. The molecule has 46 heavy (non-hydrogen) atoms. The molecule has 7 nitrogen and oxygen atoms in total. The first-order valence-electron chi connectivity index (χ1n) is 16.6. The summed E-state index contributed by atoms with van der Waals surface area (Å²) < 4.78 is 7.61. The summed E-state index contributed by atoms with van der Waals surface area (Å²) in [5.41, 5.74) is 5.12. The second kappa shape index (κ2) is 12.9. The molecule has 8 heteroatoms. The molecule has 2 aromatic heterocycles. The first kappa shape index (κ1) is 30.4. The standard InChI is InChI=1S/C38H39ClN4O3/c1-2-46-37(45)27-13-20-34-33(24-27)41-35(43(34)30-9-5-3-6-10-30)26-12-18-31-25(23-26)11-19-32(40-31)36(44)42-38(21-7-4-8-22-38)28-14-16-29(39)17-15-28/h11-20,23-24,30H,2-10,21-22H2,1H3,(H,42,44). The van der Waals surface area contributed by atoms with Gasteiger partial charge in [0.05, 0.1) is 34.3 Å². The summed E-state index contributed by atoms with van der Waals surface area (Å²) in [6.45, 7) is 2.14. The van der Waals surface area contributed by atoms with Crippen molar-refractivity contribution in [1.29, 1.82) is 0 Å². The van der Waals surface area contributed by atoms with E-state index < -0.39 is 5.54 Å². The van der Waals surface area contributed by atoms with E-state index in [9.17, 15) is 9.59 Å². The molecule has 0 spiro atoms. The van der Waals surface area contributed by atoms with Crippen LogP contribution in [0.15, 0.2) is 72.8 Å². The number of carbonyl (C=O) groups is 2. The number of nitrogens with one attached hydrogen (secondary N) is 1. The quantitative estimate of drug-likeness (QED) is 0.180. The molecular formula is C38H39ClN4O3. The number of carbonyl (C=O) groups excluding carboxylic acids is 2. The highest BCUT2D eigenvalue weighted by molar-refractivity contribution is 6.30. The number of aromatic nitrogens is 3. The van der Waals surface area contributed by atoms with Gasteiger partial charge < -0.3 is 14.6 Å². The third-order valence-electron chi connectivity index (χ3n) is 9.78. The number of pyridine rings is 1. The summed E-state index contributed by atoms with van der Waals surface area (Å²) in [5, 5.41) is 5.00. The normalized spacial score (nSPS) is 16.8. The summed E-state index contributed by atoms with van der Waals surface area (Å²) >= 11 is 6.18. The average Bonchev–Trinajstić information content (AvgIpc) is 3.48. The van der Waals surface area contributed by atoms with Gasteiger partial charge in [0.25, 0.3) is 5.91 Å². The van der Waals surface area contributed by atoms with Crippen LogP contribution in [-0.2, 0) is 10.3 Å². The lowest BCUT2D eigenvalue weighted by Gasteiger charge is -2.38. The Morgan fingerprint density at radius 3 is 2.39 bits per heavy atom. The Morgan fingerprint density at radius 1 is 0.870 bits per heavy atom. The Hall–Kier alpha value is -4.23. The van der Waals surface area contributed by atoms with E-state index >= 15 is 0 Å². The van der Waals surface area contributed by atoms with Crippen LogP contribution in [0.5, 0.6) is 0 Å². The van der Waals surface area contributed by atoms with E-state index in [4.69, 9.17) is 26.3 Å². The Morgan fingerprint density at radius 2 is 1.63 bits per heavy atom. The Balaban J connectivity index is 1.22. The number of amides is 1. The van der Waals surface area contributed by atoms with E-state index in [-0.39, 0.29) is 11.9 Å². The summed E-state index contributed by atoms with van der Waals surface area (Å²) in [7, 11) is 0. The van der Waals surface area contributed by atoms with Crippen LogP contribution in [-0.4, -0.2) is 33.0 Å². The Bertz CT molecular complexity index is 1900. The van der Waals surface area contributed by atoms with Gasteiger partial charge in [0.15, 0.2) is 0 Å². The van der Waals surface area contributed by atoms with Crippen LogP contribution in [0.3, 0.4) is 0 Å². The fourth-order valence-corrected chi connectivity index (χ4v) is 7.56. The zero-order valence-electron chi connectivity index (χ0n) is 26.2. The second-order valence-corrected chi connectivity index (χ2v) is 13.2. The zero-order valence-corrected chi connectivity index (χ0v) is 27.0. The molecule has 2 aliphatic carbocycles. The van der Waals surface area contributed by atoms with E-state index in [1.54, 1.807) is 0 Å². The van der Waals surface area contributed by atoms with Gasteiger partial charge in [-0.15, -0.1) is 0 Å². The first-order valence-corrected chi connectivity index (χ1v) is 17.0. The van der Waals surface area contributed by atoms with Crippen LogP contribution in [0.1, 0.15) is 104 Å². The lowest BCUT2D eigenvalue weighted by Crippen LogP contribution is -2.47. The molecule has 0 atom stereocenters. The lowest BCUT2D eigenvalue weighted by atomic mass is 9.76. The number of rotatable bonds is 7. The van der Waals surface area contributed by atoms with E-state index in [0.717, 1.165) is 77.4 Å². The topological polar surface area (TPSA) is 86.1 Å². The average molecular weight is 635 g/mol. The molecule has 0 saturated heterocycles. The maximum Gasteiger partial charge on any atom is 0.338 e. The number of nitrogens with zero attached hydrogens (tertiary/aromatic N) is 3. The van der Waals surface area contributed by atoms with Crippen LogP contribution in [0, 0.1) is 0 Å². The third kappa shape index (κ3) is 5.89. The molecule has 2 aliphatic rings. The van der Waals surface area contributed by atoms with Gasteiger partial charge in [0, 0.05) is 22.0 Å². The number of fused-ring (bicyclic) bond motifs is 2. The van der Waals surface area contributed by atoms with Gasteiger partial charge in [-0.3, -0.25) is 4.79 Å². The van der Waals surface area contributed by atoms with Gasteiger partial charge in [0.2, 0.25) is 0 Å². The van der Waals surface area contributed by atoms with Crippen LogP contribution in [0.2, 0.25) is 5.02 Å². The molecule has 5 aromatic rings. The molecule has 3 aromatic carbocycles. The molecule has 0 bridgehead atoms. The number of imidazole rings is 1. The van der Waals surface area contributed by atoms with E-state index in [2.05, 4.69) is 16.0 Å². The van der Waals surface area contributed by atoms with E-state index in [1.807, 2.05) is 73.7 Å². The summed E-state index contributed by atoms with van der Waals surface area (Å²) in [5.74, 6) is 0.380. The Labute approximate surface area is 274 Å². The minimum Gasteiger partial charge on any atom is -0.462 e. The summed E-state index contributed by atoms with van der Waals surface area (Å²) in [6.07, 6.45) is 10.9. The molecular weight excluding hydrogens is 596 g/mol. The van der Waals surface area contributed by atoms with Gasteiger partial charge in [-0.1, -0.05) is 68.3 Å². The fraction of sp³-hybridized carbons (Fsp3) is 0.368.